The smallest absolute Gasteiger partial charge is 0.161 e. The Labute approximate surface area is 124 Å². The molecule has 2 aromatic rings. The van der Waals surface area contributed by atoms with Crippen molar-refractivity contribution in [3.05, 3.63) is 46.2 Å². The van der Waals surface area contributed by atoms with Crippen LogP contribution in [0.5, 0.6) is 11.5 Å². The first-order valence-electron chi connectivity index (χ1n) is 6.79. The van der Waals surface area contributed by atoms with Crippen LogP contribution in [0, 0.1) is 0 Å². The van der Waals surface area contributed by atoms with Gasteiger partial charge in [-0.2, -0.15) is 11.3 Å². The maximum atomic E-state index is 6.01. The zero-order chi connectivity index (χ0) is 14.4. The van der Waals surface area contributed by atoms with E-state index in [1.165, 1.54) is 11.1 Å². The Kier molecular flexibility index (Phi) is 5.44. The molecule has 0 bridgehead atoms. The molecule has 1 atom stereocenters. The van der Waals surface area contributed by atoms with E-state index in [4.69, 9.17) is 15.2 Å². The maximum Gasteiger partial charge on any atom is 0.161 e. The lowest BCUT2D eigenvalue weighted by Crippen LogP contribution is -2.21. The van der Waals surface area contributed by atoms with Crippen LogP contribution >= 0.6 is 11.3 Å². The van der Waals surface area contributed by atoms with Gasteiger partial charge in [-0.1, -0.05) is 13.0 Å². The summed E-state index contributed by atoms with van der Waals surface area (Å²) in [5, 5.41) is 4.13. The van der Waals surface area contributed by atoms with Crippen LogP contribution in [0.4, 0.5) is 0 Å². The fraction of sp³-hybridized carbons (Fsp3) is 0.375. The molecular weight excluding hydrogens is 270 g/mol. The van der Waals surface area contributed by atoms with Crippen LogP contribution in [0.3, 0.4) is 0 Å². The van der Waals surface area contributed by atoms with E-state index in [-0.39, 0.29) is 6.04 Å². The van der Waals surface area contributed by atoms with Gasteiger partial charge >= 0.3 is 0 Å². The van der Waals surface area contributed by atoms with Crippen molar-refractivity contribution in [1.82, 2.24) is 0 Å². The van der Waals surface area contributed by atoms with Gasteiger partial charge in [0.2, 0.25) is 0 Å². The zero-order valence-electron chi connectivity index (χ0n) is 12.0. The van der Waals surface area contributed by atoms with Crippen molar-refractivity contribution in [2.45, 2.75) is 32.4 Å². The molecule has 0 saturated carbocycles. The van der Waals surface area contributed by atoms with Crippen LogP contribution < -0.4 is 15.2 Å². The van der Waals surface area contributed by atoms with E-state index >= 15 is 0 Å². The molecule has 0 spiro atoms. The second-order valence-corrected chi connectivity index (χ2v) is 5.56. The number of benzene rings is 1. The molecule has 0 fully saturated rings. The molecule has 0 aliphatic carbocycles. The molecule has 20 heavy (non-hydrogen) atoms. The summed E-state index contributed by atoms with van der Waals surface area (Å²) in [5.41, 5.74) is 8.36. The third-order valence-electron chi connectivity index (χ3n) is 3.22. The number of hydrogen-bond acceptors (Lipinski definition) is 4. The van der Waals surface area contributed by atoms with Gasteiger partial charge in [0.05, 0.1) is 7.11 Å². The molecule has 3 nitrogen and oxygen atoms in total. The lowest BCUT2D eigenvalue weighted by atomic mass is 10.0. The number of ether oxygens (including phenoxy) is 2. The Morgan fingerprint density at radius 3 is 2.70 bits per heavy atom. The van der Waals surface area contributed by atoms with E-state index in [2.05, 4.69) is 18.4 Å². The van der Waals surface area contributed by atoms with E-state index < -0.39 is 0 Å². The van der Waals surface area contributed by atoms with Gasteiger partial charge in [-0.25, -0.2) is 0 Å². The SMILES string of the molecule is CCC(N)Cc1ccc(OC)c(OCc2ccsc2)c1. The van der Waals surface area contributed by atoms with Crippen LogP contribution in [0.25, 0.3) is 0 Å². The number of nitrogens with two attached hydrogens (primary N) is 1. The summed E-state index contributed by atoms with van der Waals surface area (Å²) in [4.78, 5) is 0. The van der Waals surface area contributed by atoms with Crippen molar-refractivity contribution in [2.75, 3.05) is 7.11 Å². The van der Waals surface area contributed by atoms with Gasteiger partial charge in [-0.05, 0) is 52.9 Å². The largest absolute Gasteiger partial charge is 0.493 e. The molecule has 1 aromatic heterocycles. The van der Waals surface area contributed by atoms with Crippen LogP contribution in [0.15, 0.2) is 35.0 Å². The van der Waals surface area contributed by atoms with Crippen molar-refractivity contribution in [2.24, 2.45) is 5.73 Å². The molecule has 0 radical (unpaired) electrons. The second-order valence-electron chi connectivity index (χ2n) is 4.78. The van der Waals surface area contributed by atoms with Gasteiger partial charge in [0.15, 0.2) is 11.5 Å². The first kappa shape index (κ1) is 14.9. The summed E-state index contributed by atoms with van der Waals surface area (Å²) >= 11 is 1.67. The highest BCUT2D eigenvalue weighted by molar-refractivity contribution is 7.07. The molecule has 1 unspecified atom stereocenters. The number of hydrogen-bond donors (Lipinski definition) is 1. The Hall–Kier alpha value is -1.52. The quantitative estimate of drug-likeness (QED) is 0.847. The summed E-state index contributed by atoms with van der Waals surface area (Å²) in [7, 11) is 1.66. The standard InChI is InChI=1S/C16H21NO2S/c1-3-14(17)8-12-4-5-15(18-2)16(9-12)19-10-13-6-7-20-11-13/h4-7,9,11,14H,3,8,10,17H2,1-2H3. The molecule has 1 aromatic carbocycles. The number of methoxy groups -OCH3 is 1. The van der Waals surface area contributed by atoms with Gasteiger partial charge in [0.1, 0.15) is 6.61 Å². The van der Waals surface area contributed by atoms with E-state index in [0.717, 1.165) is 24.3 Å². The van der Waals surface area contributed by atoms with Gasteiger partial charge in [-0.15, -0.1) is 0 Å². The highest BCUT2D eigenvalue weighted by Gasteiger charge is 2.08. The lowest BCUT2D eigenvalue weighted by Gasteiger charge is -2.14. The van der Waals surface area contributed by atoms with E-state index in [9.17, 15) is 0 Å². The third kappa shape index (κ3) is 3.99. The predicted octanol–water partition coefficient (Wildman–Crippen LogP) is 3.62. The van der Waals surface area contributed by atoms with E-state index in [0.29, 0.717) is 6.61 Å². The maximum absolute atomic E-state index is 6.01. The molecule has 1 heterocycles. The van der Waals surface area contributed by atoms with Crippen molar-refractivity contribution in [3.63, 3.8) is 0 Å². The normalized spacial score (nSPS) is 12.2. The zero-order valence-corrected chi connectivity index (χ0v) is 12.8. The van der Waals surface area contributed by atoms with Crippen molar-refractivity contribution < 1.29 is 9.47 Å². The molecule has 0 saturated heterocycles. The minimum atomic E-state index is 0.188. The Morgan fingerprint density at radius 2 is 2.05 bits per heavy atom. The Morgan fingerprint density at radius 1 is 1.20 bits per heavy atom. The van der Waals surface area contributed by atoms with Crippen molar-refractivity contribution in [1.29, 1.82) is 0 Å². The van der Waals surface area contributed by atoms with Gasteiger partial charge in [-0.3, -0.25) is 0 Å². The molecule has 0 amide bonds. The lowest BCUT2D eigenvalue weighted by molar-refractivity contribution is 0.284. The van der Waals surface area contributed by atoms with Crippen LogP contribution in [-0.4, -0.2) is 13.2 Å². The summed E-state index contributed by atoms with van der Waals surface area (Å²) < 4.78 is 11.2. The first-order valence-corrected chi connectivity index (χ1v) is 7.73. The molecule has 108 valence electrons. The molecule has 4 heteroatoms. The second kappa shape index (κ2) is 7.31. The van der Waals surface area contributed by atoms with Gasteiger partial charge < -0.3 is 15.2 Å². The van der Waals surface area contributed by atoms with Gasteiger partial charge in [0.25, 0.3) is 0 Å². The number of rotatable bonds is 7. The first-order chi connectivity index (χ1) is 9.72. The summed E-state index contributed by atoms with van der Waals surface area (Å²) in [6, 6.07) is 8.27. The minimum Gasteiger partial charge on any atom is -0.493 e. The van der Waals surface area contributed by atoms with Crippen LogP contribution in [-0.2, 0) is 13.0 Å². The van der Waals surface area contributed by atoms with Crippen molar-refractivity contribution in [3.8, 4) is 11.5 Å². The Bertz CT molecular complexity index is 525. The molecule has 2 N–H and O–H groups in total. The molecule has 0 aliphatic heterocycles. The fourth-order valence-electron chi connectivity index (χ4n) is 1.94. The highest BCUT2D eigenvalue weighted by atomic mass is 32.1. The average Bonchev–Trinajstić information content (AvgIpc) is 2.98. The molecule has 2 rings (SSSR count). The highest BCUT2D eigenvalue weighted by Crippen LogP contribution is 2.29. The predicted molar refractivity (Wildman–Crippen MR) is 83.6 cm³/mol. The summed E-state index contributed by atoms with van der Waals surface area (Å²) in [6.45, 7) is 2.66. The van der Waals surface area contributed by atoms with Crippen LogP contribution in [0.2, 0.25) is 0 Å². The van der Waals surface area contributed by atoms with E-state index in [1.54, 1.807) is 18.4 Å². The van der Waals surface area contributed by atoms with Gasteiger partial charge in [0, 0.05) is 6.04 Å². The molecule has 0 aliphatic rings. The number of thiophene rings is 1. The average molecular weight is 291 g/mol. The summed E-state index contributed by atoms with van der Waals surface area (Å²) in [5.74, 6) is 1.54. The summed E-state index contributed by atoms with van der Waals surface area (Å²) in [6.07, 6.45) is 1.83. The fourth-order valence-corrected chi connectivity index (χ4v) is 2.60. The topological polar surface area (TPSA) is 44.5 Å². The van der Waals surface area contributed by atoms with Crippen LogP contribution in [0.1, 0.15) is 24.5 Å². The monoisotopic (exact) mass is 291 g/mol. The third-order valence-corrected chi connectivity index (χ3v) is 3.96. The minimum absolute atomic E-state index is 0.188. The van der Waals surface area contributed by atoms with E-state index in [1.807, 2.05) is 23.6 Å². The van der Waals surface area contributed by atoms with Crippen molar-refractivity contribution >= 4 is 11.3 Å². The Balaban J connectivity index is 2.09. The molecular formula is C16H21NO2S.